The van der Waals surface area contributed by atoms with E-state index in [2.05, 4.69) is 0 Å². The Balaban J connectivity index is 1.25. The van der Waals surface area contributed by atoms with Crippen molar-refractivity contribution < 1.29 is 33.3 Å². The molecule has 10 nitrogen and oxygen atoms in total. The van der Waals surface area contributed by atoms with Crippen LogP contribution in [0.15, 0.2) is 35.7 Å². The summed E-state index contributed by atoms with van der Waals surface area (Å²) >= 11 is 1.49. The molecular weight excluding hydrogens is 522 g/mol. The second-order valence-corrected chi connectivity index (χ2v) is 10.00. The standard InChI is InChI=1S/C28H31N3O7S/c1-5-31(18-6-8-21-23(14-18)38-16-37-21)28(33)20-15-39-26(29-20)17-10-12-30(13-11-17)27(32)19-7-9-22(34-2)25(36-4)24(19)35-3/h6-9,14-15,17H,5,10-13,16H2,1-4H3. The smallest absolute Gasteiger partial charge is 0.277 e. The van der Waals surface area contributed by atoms with Gasteiger partial charge in [0.2, 0.25) is 12.5 Å². The average molecular weight is 554 g/mol. The molecule has 2 aliphatic rings. The van der Waals surface area contributed by atoms with E-state index in [1.807, 2.05) is 35.4 Å². The summed E-state index contributed by atoms with van der Waals surface area (Å²) in [5.74, 6) is 2.44. The highest BCUT2D eigenvalue weighted by molar-refractivity contribution is 7.10. The molecule has 0 saturated carbocycles. The quantitative estimate of drug-likeness (QED) is 0.400. The molecule has 39 heavy (non-hydrogen) atoms. The van der Waals surface area contributed by atoms with Crippen LogP contribution in [0, 0.1) is 0 Å². The molecule has 11 heteroatoms. The number of carbonyl (C=O) groups is 2. The van der Waals surface area contributed by atoms with E-state index < -0.39 is 0 Å². The Labute approximate surface area is 231 Å². The summed E-state index contributed by atoms with van der Waals surface area (Å²) in [5, 5.41) is 2.73. The number of amides is 2. The summed E-state index contributed by atoms with van der Waals surface area (Å²) in [4.78, 5) is 34.9. The number of aromatic nitrogens is 1. The molecule has 2 aliphatic heterocycles. The average Bonchev–Trinajstić information content (AvgIpc) is 3.66. The number of nitrogens with zero attached hydrogens (tertiary/aromatic N) is 3. The number of thiazole rings is 1. The van der Waals surface area contributed by atoms with Gasteiger partial charge in [0.25, 0.3) is 11.8 Å². The lowest BCUT2D eigenvalue weighted by Crippen LogP contribution is -2.38. The minimum absolute atomic E-state index is 0.122. The summed E-state index contributed by atoms with van der Waals surface area (Å²) < 4.78 is 27.1. The first-order valence-corrected chi connectivity index (χ1v) is 13.6. The Kier molecular flexibility index (Phi) is 7.78. The lowest BCUT2D eigenvalue weighted by atomic mass is 9.96. The van der Waals surface area contributed by atoms with Crippen LogP contribution >= 0.6 is 11.3 Å². The largest absolute Gasteiger partial charge is 0.493 e. The van der Waals surface area contributed by atoms with Crippen LogP contribution in [0.5, 0.6) is 28.7 Å². The van der Waals surface area contributed by atoms with E-state index >= 15 is 0 Å². The number of benzene rings is 2. The first-order valence-electron chi connectivity index (χ1n) is 12.7. The molecule has 5 rings (SSSR count). The van der Waals surface area contributed by atoms with Crippen molar-refractivity contribution in [3.63, 3.8) is 0 Å². The number of fused-ring (bicyclic) bond motifs is 1. The monoisotopic (exact) mass is 553 g/mol. The fourth-order valence-electron chi connectivity index (χ4n) is 4.98. The first-order chi connectivity index (χ1) is 19.0. The van der Waals surface area contributed by atoms with Gasteiger partial charge in [-0.3, -0.25) is 9.59 Å². The Morgan fingerprint density at radius 1 is 1.03 bits per heavy atom. The van der Waals surface area contributed by atoms with E-state index in [4.69, 9.17) is 28.7 Å². The molecule has 0 bridgehead atoms. The number of hydrogen-bond donors (Lipinski definition) is 0. The number of methoxy groups -OCH3 is 3. The first kappa shape index (κ1) is 26.6. The summed E-state index contributed by atoms with van der Waals surface area (Å²) in [5.41, 5.74) is 1.58. The summed E-state index contributed by atoms with van der Waals surface area (Å²) in [7, 11) is 4.56. The van der Waals surface area contributed by atoms with Gasteiger partial charge in [-0.15, -0.1) is 11.3 Å². The van der Waals surface area contributed by atoms with E-state index in [0.29, 0.717) is 59.6 Å². The molecule has 0 atom stereocenters. The SMILES string of the molecule is CCN(C(=O)c1csc(C2CCN(C(=O)c3ccc(OC)c(OC)c3OC)CC2)n1)c1ccc2c(c1)OCO2. The van der Waals surface area contributed by atoms with E-state index in [1.54, 1.807) is 17.0 Å². The minimum Gasteiger partial charge on any atom is -0.493 e. The van der Waals surface area contributed by atoms with Crippen LogP contribution in [-0.2, 0) is 0 Å². The maximum absolute atomic E-state index is 13.4. The van der Waals surface area contributed by atoms with Crippen molar-refractivity contribution in [2.45, 2.75) is 25.7 Å². The zero-order chi connectivity index (χ0) is 27.5. The third-order valence-corrected chi connectivity index (χ3v) is 8.04. The maximum atomic E-state index is 13.4. The lowest BCUT2D eigenvalue weighted by molar-refractivity contribution is 0.0708. The van der Waals surface area contributed by atoms with Gasteiger partial charge in [-0.05, 0) is 44.0 Å². The van der Waals surface area contributed by atoms with Crippen LogP contribution in [0.25, 0.3) is 0 Å². The molecule has 2 amide bonds. The molecule has 1 fully saturated rings. The highest BCUT2D eigenvalue weighted by atomic mass is 32.1. The van der Waals surface area contributed by atoms with Gasteiger partial charge in [0, 0.05) is 42.7 Å². The molecule has 206 valence electrons. The van der Waals surface area contributed by atoms with Crippen molar-refractivity contribution in [1.82, 2.24) is 9.88 Å². The number of likely N-dealkylation sites (tertiary alicyclic amines) is 1. The molecule has 3 heterocycles. The number of piperidine rings is 1. The fraction of sp³-hybridized carbons (Fsp3) is 0.393. The maximum Gasteiger partial charge on any atom is 0.277 e. The number of hydrogen-bond acceptors (Lipinski definition) is 9. The number of anilines is 1. The van der Waals surface area contributed by atoms with Gasteiger partial charge in [0.15, 0.2) is 23.0 Å². The zero-order valence-corrected chi connectivity index (χ0v) is 23.2. The third-order valence-electron chi connectivity index (χ3n) is 7.04. The van der Waals surface area contributed by atoms with Crippen LogP contribution in [0.2, 0.25) is 0 Å². The van der Waals surface area contributed by atoms with Crippen LogP contribution in [0.1, 0.15) is 51.5 Å². The van der Waals surface area contributed by atoms with Gasteiger partial charge in [-0.2, -0.15) is 0 Å². The van der Waals surface area contributed by atoms with Crippen molar-refractivity contribution in [3.05, 3.63) is 52.0 Å². The normalized spacial score (nSPS) is 14.7. The number of carbonyl (C=O) groups excluding carboxylic acids is 2. The Bertz CT molecular complexity index is 1370. The highest BCUT2D eigenvalue weighted by Crippen LogP contribution is 2.41. The van der Waals surface area contributed by atoms with Gasteiger partial charge >= 0.3 is 0 Å². The Morgan fingerprint density at radius 3 is 2.46 bits per heavy atom. The summed E-state index contributed by atoms with van der Waals surface area (Å²) in [6.07, 6.45) is 1.50. The molecule has 2 aromatic carbocycles. The van der Waals surface area contributed by atoms with Crippen molar-refractivity contribution in [3.8, 4) is 28.7 Å². The van der Waals surface area contributed by atoms with E-state index in [9.17, 15) is 9.59 Å². The number of ether oxygens (including phenoxy) is 5. The van der Waals surface area contributed by atoms with E-state index in [-0.39, 0.29) is 24.5 Å². The van der Waals surface area contributed by atoms with Crippen molar-refractivity contribution in [2.24, 2.45) is 0 Å². The minimum atomic E-state index is -0.160. The van der Waals surface area contributed by atoms with Gasteiger partial charge in [0.1, 0.15) is 5.69 Å². The van der Waals surface area contributed by atoms with Crippen molar-refractivity contribution in [2.75, 3.05) is 52.7 Å². The van der Waals surface area contributed by atoms with Gasteiger partial charge in [0.05, 0.1) is 31.9 Å². The molecule has 0 spiro atoms. The molecule has 0 unspecified atom stereocenters. The predicted molar refractivity (Wildman–Crippen MR) is 146 cm³/mol. The molecule has 0 N–H and O–H groups in total. The van der Waals surface area contributed by atoms with Crippen LogP contribution in [0.3, 0.4) is 0 Å². The summed E-state index contributed by atoms with van der Waals surface area (Å²) in [6, 6.07) is 8.89. The van der Waals surface area contributed by atoms with Gasteiger partial charge in [-0.25, -0.2) is 4.98 Å². The molecule has 1 aromatic heterocycles. The second-order valence-electron chi connectivity index (χ2n) is 9.11. The van der Waals surface area contributed by atoms with E-state index in [1.165, 1.54) is 32.7 Å². The van der Waals surface area contributed by atoms with Crippen molar-refractivity contribution in [1.29, 1.82) is 0 Å². The number of rotatable bonds is 8. The lowest BCUT2D eigenvalue weighted by Gasteiger charge is -2.31. The molecular formula is C28H31N3O7S. The van der Waals surface area contributed by atoms with Crippen LogP contribution in [0.4, 0.5) is 5.69 Å². The van der Waals surface area contributed by atoms with Crippen LogP contribution in [-0.4, -0.2) is 69.5 Å². The topological polar surface area (TPSA) is 99.7 Å². The molecule has 0 radical (unpaired) electrons. The Morgan fingerprint density at radius 2 is 1.77 bits per heavy atom. The van der Waals surface area contributed by atoms with Crippen molar-refractivity contribution >= 4 is 28.8 Å². The van der Waals surface area contributed by atoms with E-state index in [0.717, 1.165) is 23.5 Å². The highest BCUT2D eigenvalue weighted by Gasteiger charge is 2.30. The molecule has 0 aliphatic carbocycles. The molecule has 3 aromatic rings. The summed E-state index contributed by atoms with van der Waals surface area (Å²) in [6.45, 7) is 3.74. The third kappa shape index (κ3) is 5.06. The fourth-order valence-corrected chi connectivity index (χ4v) is 5.94. The van der Waals surface area contributed by atoms with Crippen LogP contribution < -0.4 is 28.6 Å². The Hall–Kier alpha value is -3.99. The predicted octanol–water partition coefficient (Wildman–Crippen LogP) is 4.58. The second kappa shape index (κ2) is 11.4. The van der Waals surface area contributed by atoms with Gasteiger partial charge in [-0.1, -0.05) is 0 Å². The molecule has 1 saturated heterocycles. The zero-order valence-electron chi connectivity index (χ0n) is 22.4. The van der Waals surface area contributed by atoms with Gasteiger partial charge < -0.3 is 33.5 Å².